The summed E-state index contributed by atoms with van der Waals surface area (Å²) in [5.74, 6) is -0.178. The molecule has 7 rings (SSSR count). The van der Waals surface area contributed by atoms with Crippen LogP contribution < -0.4 is 9.80 Å². The van der Waals surface area contributed by atoms with E-state index in [0.29, 0.717) is 42.1 Å². The van der Waals surface area contributed by atoms with Gasteiger partial charge in [0.15, 0.2) is 0 Å². The van der Waals surface area contributed by atoms with Gasteiger partial charge in [-0.1, -0.05) is 20.9 Å². The van der Waals surface area contributed by atoms with Crippen molar-refractivity contribution >= 4 is 28.4 Å². The third kappa shape index (κ3) is 3.50. The van der Waals surface area contributed by atoms with E-state index >= 15 is 4.39 Å². The number of hydrogen-bond donors (Lipinski definition) is 0. The molecule has 190 valence electrons. The number of cyclic esters (lactones) is 1. The number of carbonyl (C=O) groups is 1. The molecule has 5 heterocycles. The van der Waals surface area contributed by atoms with Gasteiger partial charge >= 0.3 is 6.09 Å². The van der Waals surface area contributed by atoms with E-state index in [-0.39, 0.29) is 18.4 Å². The molecular weight excluding hydrogens is 511 g/mol. The molecule has 0 spiro atoms. The summed E-state index contributed by atoms with van der Waals surface area (Å²) >= 11 is 1.24. The molecule has 0 N–H and O–H groups in total. The Morgan fingerprint density at radius 3 is 2.74 bits per heavy atom. The van der Waals surface area contributed by atoms with Crippen LogP contribution in [0.3, 0.4) is 0 Å². The Morgan fingerprint density at radius 1 is 1.21 bits per heavy atom. The van der Waals surface area contributed by atoms with Crippen LogP contribution >= 0.6 is 11.5 Å². The van der Waals surface area contributed by atoms with Crippen molar-refractivity contribution in [2.45, 2.75) is 18.1 Å². The summed E-state index contributed by atoms with van der Waals surface area (Å²) in [5, 5.41) is 26.1. The minimum Gasteiger partial charge on any atom is -0.442 e. The van der Waals surface area contributed by atoms with Gasteiger partial charge in [-0.05, 0) is 29.5 Å². The summed E-state index contributed by atoms with van der Waals surface area (Å²) in [7, 11) is 0. The fraction of sp³-hybridized carbons (Fsp3) is 0.333. The lowest BCUT2D eigenvalue weighted by atomic mass is 9.95. The number of halogens is 1. The molecule has 3 fully saturated rings. The second kappa shape index (κ2) is 8.52. The number of carbonyl (C=O) groups excluding carboxylic acids is 1. The van der Waals surface area contributed by atoms with Gasteiger partial charge in [0.05, 0.1) is 36.7 Å². The number of nitrogens with zero attached hydrogens (tertiary/aromatic N) is 10. The van der Waals surface area contributed by atoms with Gasteiger partial charge in [-0.2, -0.15) is 5.26 Å². The number of piperidine rings is 1. The zero-order chi connectivity index (χ0) is 25.9. The van der Waals surface area contributed by atoms with E-state index in [1.165, 1.54) is 22.5 Å². The number of benzene rings is 1. The quantitative estimate of drug-likeness (QED) is 0.365. The molecule has 0 bridgehead atoms. The van der Waals surface area contributed by atoms with Gasteiger partial charge in [-0.15, -0.1) is 5.10 Å². The summed E-state index contributed by atoms with van der Waals surface area (Å²) in [4.78, 5) is 20.5. The molecule has 1 saturated carbocycles. The Kier molecular flexibility index (Phi) is 5.08. The molecule has 1 aromatic carbocycles. The first-order valence-electron chi connectivity index (χ1n) is 12.0. The van der Waals surface area contributed by atoms with Crippen LogP contribution in [0.2, 0.25) is 0 Å². The molecule has 12 nitrogen and oxygen atoms in total. The monoisotopic (exact) mass is 530 g/mol. The average molecular weight is 531 g/mol. The van der Waals surface area contributed by atoms with Crippen LogP contribution in [-0.4, -0.2) is 66.6 Å². The maximum atomic E-state index is 15.2. The summed E-state index contributed by atoms with van der Waals surface area (Å²) < 4.78 is 26.0. The van der Waals surface area contributed by atoms with Crippen molar-refractivity contribution in [2.75, 3.05) is 29.4 Å². The predicted molar refractivity (Wildman–Crippen MR) is 131 cm³/mol. The van der Waals surface area contributed by atoms with E-state index in [9.17, 15) is 10.1 Å². The number of nitriles is 1. The van der Waals surface area contributed by atoms with Gasteiger partial charge < -0.3 is 9.64 Å². The summed E-state index contributed by atoms with van der Waals surface area (Å²) in [5.41, 5.74) is 1.41. The van der Waals surface area contributed by atoms with Crippen molar-refractivity contribution < 1.29 is 13.9 Å². The highest BCUT2D eigenvalue weighted by molar-refractivity contribution is 7.09. The van der Waals surface area contributed by atoms with Crippen LogP contribution in [0.5, 0.6) is 0 Å². The summed E-state index contributed by atoms with van der Waals surface area (Å²) in [6.45, 7) is 2.05. The van der Waals surface area contributed by atoms with Crippen molar-refractivity contribution in [3.05, 3.63) is 60.4 Å². The van der Waals surface area contributed by atoms with E-state index in [2.05, 4.69) is 41.1 Å². The van der Waals surface area contributed by atoms with Crippen molar-refractivity contribution in [1.29, 1.82) is 5.26 Å². The maximum absolute atomic E-state index is 15.2. The lowest BCUT2D eigenvalue weighted by Gasteiger charge is -2.21. The summed E-state index contributed by atoms with van der Waals surface area (Å²) in [6, 6.07) is 10.7. The molecule has 0 radical (unpaired) electrons. The minimum atomic E-state index is -0.644. The highest BCUT2D eigenvalue weighted by Crippen LogP contribution is 2.63. The zero-order valence-electron chi connectivity index (χ0n) is 19.8. The number of amides is 1. The topological polar surface area (TPSA) is 139 Å². The third-order valence-corrected chi connectivity index (χ3v) is 8.28. The number of fused-ring (bicyclic) bond motifs is 1. The molecule has 1 amide bonds. The molecule has 3 aliphatic rings. The molecule has 1 aliphatic carbocycles. The molecule has 4 atom stereocenters. The van der Waals surface area contributed by atoms with E-state index in [4.69, 9.17) is 4.74 Å². The Labute approximate surface area is 219 Å². The largest absolute Gasteiger partial charge is 0.442 e. The Morgan fingerprint density at radius 2 is 2.08 bits per heavy atom. The third-order valence-electron chi connectivity index (χ3n) is 7.62. The number of pyridine rings is 1. The van der Waals surface area contributed by atoms with Crippen LogP contribution in [-0.2, 0) is 16.7 Å². The lowest BCUT2D eigenvalue weighted by Crippen LogP contribution is -2.30. The van der Waals surface area contributed by atoms with Gasteiger partial charge in [0, 0.05) is 60.0 Å². The van der Waals surface area contributed by atoms with Crippen LogP contribution in [0.4, 0.5) is 20.0 Å². The van der Waals surface area contributed by atoms with Crippen molar-refractivity contribution in [1.82, 2.24) is 34.8 Å². The molecule has 2 aliphatic heterocycles. The van der Waals surface area contributed by atoms with Crippen LogP contribution in [0, 0.1) is 29.0 Å². The fourth-order valence-electron chi connectivity index (χ4n) is 5.71. The number of rotatable bonds is 6. The standard InChI is InChI=1S/C24H19FN10O2S/c25-20-7-15(35-10-16(37-23(35)36)9-34-6-5-28-31-34)2-3-17(20)14-1-4-21(27-8-14)24(13-26)18-11-33(12-19(18)24)22-29-30-32-38-22/h1-8,16,18-19H,9-12H2/t16-,18-,19+,24+/m0/s1. The molecule has 2 saturated heterocycles. The highest BCUT2D eigenvalue weighted by Gasteiger charge is 2.71. The average Bonchev–Trinajstić information content (AvgIpc) is 3.61. The number of anilines is 2. The van der Waals surface area contributed by atoms with Crippen molar-refractivity contribution in [3.63, 3.8) is 0 Å². The number of ether oxygens (including phenoxy) is 1. The molecule has 4 aromatic rings. The van der Waals surface area contributed by atoms with Crippen LogP contribution in [0.1, 0.15) is 5.69 Å². The number of hydrogen-bond acceptors (Lipinski definition) is 11. The Hall–Kier alpha value is -4.51. The predicted octanol–water partition coefficient (Wildman–Crippen LogP) is 2.28. The van der Waals surface area contributed by atoms with E-state index in [0.717, 1.165) is 5.13 Å². The van der Waals surface area contributed by atoms with Crippen LogP contribution in [0.15, 0.2) is 48.9 Å². The van der Waals surface area contributed by atoms with E-state index in [1.807, 2.05) is 6.07 Å². The smallest absolute Gasteiger partial charge is 0.414 e. The Balaban J connectivity index is 1.06. The lowest BCUT2D eigenvalue weighted by molar-refractivity contribution is 0.129. The molecular formula is C24H19FN10O2S. The molecule has 0 unspecified atom stereocenters. The van der Waals surface area contributed by atoms with Gasteiger partial charge in [-0.25, -0.2) is 13.9 Å². The van der Waals surface area contributed by atoms with E-state index in [1.54, 1.807) is 41.5 Å². The highest BCUT2D eigenvalue weighted by atomic mass is 32.1. The van der Waals surface area contributed by atoms with Crippen molar-refractivity contribution in [3.8, 4) is 17.2 Å². The molecule has 3 aromatic heterocycles. The van der Waals surface area contributed by atoms with Crippen LogP contribution in [0.25, 0.3) is 11.1 Å². The Bertz CT molecular complexity index is 1530. The van der Waals surface area contributed by atoms with Gasteiger partial charge in [-0.3, -0.25) is 9.88 Å². The summed E-state index contributed by atoms with van der Waals surface area (Å²) in [6.07, 6.45) is 3.88. The SMILES string of the molecule is N#C[C@]1(c2ccc(-c3ccc(N4C[C@H](Cn5ccnn5)OC4=O)cc3F)cn2)[C@@H]2CN(c3nnns3)C[C@@H]21. The first kappa shape index (κ1) is 22.7. The first-order valence-corrected chi connectivity index (χ1v) is 12.7. The second-order valence-corrected chi connectivity index (χ2v) is 10.3. The van der Waals surface area contributed by atoms with Gasteiger partial charge in [0.25, 0.3) is 0 Å². The maximum Gasteiger partial charge on any atom is 0.414 e. The fourth-order valence-corrected chi connectivity index (χ4v) is 6.19. The van der Waals surface area contributed by atoms with Crippen molar-refractivity contribution in [2.24, 2.45) is 11.8 Å². The second-order valence-electron chi connectivity index (χ2n) is 9.58. The minimum absolute atomic E-state index is 0.152. The van der Waals surface area contributed by atoms with E-state index < -0.39 is 23.4 Å². The van der Waals surface area contributed by atoms with Gasteiger partial charge in [0.1, 0.15) is 17.3 Å². The normalized spacial score (nSPS) is 25.8. The zero-order valence-corrected chi connectivity index (χ0v) is 20.6. The number of aromatic nitrogens is 7. The molecule has 38 heavy (non-hydrogen) atoms. The molecule has 14 heteroatoms. The first-order chi connectivity index (χ1) is 18.6. The van der Waals surface area contributed by atoms with Gasteiger partial charge in [0.2, 0.25) is 5.13 Å².